The molecule has 11 nitrogen and oxygen atoms in total. The number of hydrogen-bond acceptors (Lipinski definition) is 8. The number of carboxylic acid groups (broad SMARTS) is 1. The number of nitro groups is 1. The number of anilines is 1. The number of likely N-dealkylation sites (tertiary alicyclic amines) is 1. The number of hydrogen-bond donors (Lipinski definition) is 2. The third-order valence-electron chi connectivity index (χ3n) is 8.04. The van der Waals surface area contributed by atoms with Crippen LogP contribution in [-0.2, 0) is 22.4 Å². The Balaban J connectivity index is 1.49. The standard InChI is InChI=1S/C31H33N3O8/c1-4-18-12-22(34(38)39)13-19(5-2)29(18)32-27(35)16-33-15-24(21-8-11-25-26(14-21)42-17-41-25)28(31(36)37)30(33)20-6-9-23(40-3)10-7-20/h6-14,24,28,30H,4-5,15-17H2,1-3H3,(H,32,35)(H,36,37). The van der Waals surface area contributed by atoms with Gasteiger partial charge < -0.3 is 24.6 Å². The summed E-state index contributed by atoms with van der Waals surface area (Å²) >= 11 is 0. The predicted octanol–water partition coefficient (Wildman–Crippen LogP) is 4.94. The molecule has 3 unspecified atom stereocenters. The van der Waals surface area contributed by atoms with E-state index >= 15 is 0 Å². The lowest BCUT2D eigenvalue weighted by molar-refractivity contribution is -0.385. The summed E-state index contributed by atoms with van der Waals surface area (Å²) in [5, 5.41) is 24.9. The van der Waals surface area contributed by atoms with E-state index in [1.807, 2.05) is 43.0 Å². The Morgan fingerprint density at radius 1 is 1.02 bits per heavy atom. The van der Waals surface area contributed by atoms with Crippen LogP contribution in [0, 0.1) is 16.0 Å². The Labute approximate surface area is 243 Å². The Kier molecular flexibility index (Phi) is 8.30. The molecule has 0 aromatic heterocycles. The van der Waals surface area contributed by atoms with Crippen LogP contribution >= 0.6 is 0 Å². The van der Waals surface area contributed by atoms with Crippen LogP contribution in [0.5, 0.6) is 17.2 Å². The molecule has 42 heavy (non-hydrogen) atoms. The van der Waals surface area contributed by atoms with Crippen molar-refractivity contribution in [3.63, 3.8) is 0 Å². The van der Waals surface area contributed by atoms with Gasteiger partial charge in [-0.25, -0.2) is 0 Å². The number of rotatable bonds is 10. The van der Waals surface area contributed by atoms with E-state index in [1.165, 1.54) is 12.1 Å². The quantitative estimate of drug-likeness (QED) is 0.254. The monoisotopic (exact) mass is 575 g/mol. The number of benzene rings is 3. The first-order chi connectivity index (χ1) is 20.2. The third-order valence-corrected chi connectivity index (χ3v) is 8.04. The molecule has 0 spiro atoms. The zero-order valence-electron chi connectivity index (χ0n) is 23.7. The van der Waals surface area contributed by atoms with Gasteiger partial charge in [0.25, 0.3) is 5.69 Å². The highest BCUT2D eigenvalue weighted by Gasteiger charge is 2.48. The Morgan fingerprint density at radius 2 is 1.67 bits per heavy atom. The van der Waals surface area contributed by atoms with Crippen LogP contribution in [0.25, 0.3) is 0 Å². The number of non-ortho nitro benzene ring substituents is 1. The van der Waals surface area contributed by atoms with E-state index in [9.17, 15) is 24.8 Å². The summed E-state index contributed by atoms with van der Waals surface area (Å²) in [4.78, 5) is 39.3. The zero-order valence-corrected chi connectivity index (χ0v) is 23.7. The topological polar surface area (TPSA) is 140 Å². The largest absolute Gasteiger partial charge is 0.497 e. The highest BCUT2D eigenvalue weighted by molar-refractivity contribution is 5.94. The molecule has 0 aliphatic carbocycles. The molecule has 1 saturated heterocycles. The van der Waals surface area contributed by atoms with E-state index in [4.69, 9.17) is 14.2 Å². The maximum absolute atomic E-state index is 13.6. The van der Waals surface area contributed by atoms with Crippen molar-refractivity contribution >= 4 is 23.3 Å². The highest BCUT2D eigenvalue weighted by atomic mass is 16.7. The number of carbonyl (C=O) groups is 2. The summed E-state index contributed by atoms with van der Waals surface area (Å²) in [5.41, 5.74) is 3.42. The van der Waals surface area contributed by atoms with Crippen molar-refractivity contribution in [2.24, 2.45) is 5.92 Å². The molecule has 2 aliphatic rings. The van der Waals surface area contributed by atoms with Gasteiger partial charge in [0.1, 0.15) is 5.75 Å². The van der Waals surface area contributed by atoms with Gasteiger partial charge in [-0.1, -0.05) is 32.0 Å². The minimum absolute atomic E-state index is 0.0170. The number of aryl methyl sites for hydroxylation is 2. The Hall–Kier alpha value is -4.64. The van der Waals surface area contributed by atoms with Crippen LogP contribution in [0.3, 0.4) is 0 Å². The number of carboxylic acids is 1. The normalized spacial score (nSPS) is 19.5. The van der Waals surface area contributed by atoms with Crippen molar-refractivity contribution in [3.8, 4) is 17.2 Å². The molecule has 220 valence electrons. The number of aliphatic carboxylic acids is 1. The highest BCUT2D eigenvalue weighted by Crippen LogP contribution is 2.47. The van der Waals surface area contributed by atoms with E-state index < -0.39 is 28.8 Å². The lowest BCUT2D eigenvalue weighted by atomic mass is 9.82. The van der Waals surface area contributed by atoms with Gasteiger partial charge in [0.15, 0.2) is 11.5 Å². The third kappa shape index (κ3) is 5.60. The Morgan fingerprint density at radius 3 is 2.26 bits per heavy atom. The van der Waals surface area contributed by atoms with Crippen LogP contribution < -0.4 is 19.5 Å². The van der Waals surface area contributed by atoms with Crippen LogP contribution in [0.2, 0.25) is 0 Å². The molecule has 3 aromatic rings. The summed E-state index contributed by atoms with van der Waals surface area (Å²) in [6.07, 6.45) is 0.992. The molecule has 0 radical (unpaired) electrons. The Bertz CT molecular complexity index is 1480. The summed E-state index contributed by atoms with van der Waals surface area (Å²) in [6.45, 7) is 4.09. The minimum Gasteiger partial charge on any atom is -0.497 e. The fourth-order valence-electron chi connectivity index (χ4n) is 6.01. The van der Waals surface area contributed by atoms with Crippen molar-refractivity contribution in [2.45, 2.75) is 38.6 Å². The van der Waals surface area contributed by atoms with Crippen LogP contribution in [0.15, 0.2) is 54.6 Å². The van der Waals surface area contributed by atoms with Gasteiger partial charge in [-0.2, -0.15) is 0 Å². The molecule has 11 heteroatoms. The fourth-order valence-corrected chi connectivity index (χ4v) is 6.01. The van der Waals surface area contributed by atoms with Crippen LogP contribution in [0.1, 0.15) is 48.1 Å². The molecule has 1 amide bonds. The average Bonchev–Trinajstić information content (AvgIpc) is 3.61. The molecule has 1 fully saturated rings. The predicted molar refractivity (Wildman–Crippen MR) is 154 cm³/mol. The summed E-state index contributed by atoms with van der Waals surface area (Å²) in [5.74, 6) is -0.797. The number of fused-ring (bicyclic) bond motifs is 1. The number of amides is 1. The number of carbonyl (C=O) groups excluding carboxylic acids is 1. The van der Waals surface area contributed by atoms with Gasteiger partial charge in [0.2, 0.25) is 12.7 Å². The second-order valence-corrected chi connectivity index (χ2v) is 10.4. The lowest BCUT2D eigenvalue weighted by Gasteiger charge is -2.27. The van der Waals surface area contributed by atoms with Gasteiger partial charge in [0, 0.05) is 36.3 Å². The number of nitrogens with zero attached hydrogens (tertiary/aromatic N) is 2. The van der Waals surface area contributed by atoms with E-state index in [0.29, 0.717) is 53.4 Å². The van der Waals surface area contributed by atoms with Gasteiger partial charge >= 0.3 is 5.97 Å². The second kappa shape index (κ2) is 12.1. The first-order valence-corrected chi connectivity index (χ1v) is 13.8. The molecule has 2 N–H and O–H groups in total. The molecule has 0 bridgehead atoms. The van der Waals surface area contributed by atoms with Gasteiger partial charge in [0.05, 0.1) is 24.5 Å². The van der Waals surface area contributed by atoms with Crippen LogP contribution in [0.4, 0.5) is 11.4 Å². The fraction of sp³-hybridized carbons (Fsp3) is 0.355. The van der Waals surface area contributed by atoms with Crippen molar-refractivity contribution in [3.05, 3.63) is 87.0 Å². The molecule has 3 atom stereocenters. The number of nitro benzene ring substituents is 1. The van der Waals surface area contributed by atoms with Crippen molar-refractivity contribution < 1.29 is 33.8 Å². The van der Waals surface area contributed by atoms with Crippen molar-refractivity contribution in [1.29, 1.82) is 0 Å². The molecular formula is C31H33N3O8. The van der Waals surface area contributed by atoms with Gasteiger partial charge in [-0.05, 0) is 59.4 Å². The lowest BCUT2D eigenvalue weighted by Crippen LogP contribution is -2.35. The average molecular weight is 576 g/mol. The first-order valence-electron chi connectivity index (χ1n) is 13.8. The maximum atomic E-state index is 13.6. The van der Waals surface area contributed by atoms with Crippen molar-refractivity contribution in [2.75, 3.05) is 32.3 Å². The number of ether oxygens (including phenoxy) is 3. The van der Waals surface area contributed by atoms with Gasteiger partial charge in [-0.3, -0.25) is 24.6 Å². The van der Waals surface area contributed by atoms with Gasteiger partial charge in [-0.15, -0.1) is 0 Å². The molecule has 3 aromatic carbocycles. The van der Waals surface area contributed by atoms with E-state index in [0.717, 1.165) is 11.1 Å². The zero-order chi connectivity index (χ0) is 30.0. The van der Waals surface area contributed by atoms with Crippen molar-refractivity contribution in [1.82, 2.24) is 4.90 Å². The molecule has 2 heterocycles. The summed E-state index contributed by atoms with van der Waals surface area (Å²) < 4.78 is 16.3. The molecule has 0 saturated carbocycles. The SMILES string of the molecule is CCc1cc([N+](=O)[O-])cc(CC)c1NC(=O)CN1CC(c2ccc3c(c2)OCO3)C(C(=O)O)C1c1ccc(OC)cc1. The number of methoxy groups -OCH3 is 1. The summed E-state index contributed by atoms with van der Waals surface area (Å²) in [6, 6.07) is 15.0. The van der Waals surface area contributed by atoms with E-state index in [1.54, 1.807) is 25.3 Å². The summed E-state index contributed by atoms with van der Waals surface area (Å²) in [7, 11) is 1.56. The second-order valence-electron chi connectivity index (χ2n) is 10.4. The van der Waals surface area contributed by atoms with E-state index in [2.05, 4.69) is 5.32 Å². The van der Waals surface area contributed by atoms with Crippen LogP contribution in [-0.4, -0.2) is 53.8 Å². The minimum atomic E-state index is -0.974. The molecule has 2 aliphatic heterocycles. The number of nitrogens with one attached hydrogen (secondary N) is 1. The maximum Gasteiger partial charge on any atom is 0.309 e. The van der Waals surface area contributed by atoms with E-state index in [-0.39, 0.29) is 24.9 Å². The first kappa shape index (κ1) is 28.9. The smallest absolute Gasteiger partial charge is 0.309 e. The molecule has 5 rings (SSSR count). The molecular weight excluding hydrogens is 542 g/mol.